The molecule has 0 aromatic carbocycles. The predicted octanol–water partition coefficient (Wildman–Crippen LogP) is -0.317. The van der Waals surface area contributed by atoms with Gasteiger partial charge in [0.05, 0.1) is 0 Å². The Bertz CT molecular complexity index is 385. The minimum Gasteiger partial charge on any atom is -0.329 e. The van der Waals surface area contributed by atoms with Crippen LogP contribution < -0.4 is 10.5 Å². The van der Waals surface area contributed by atoms with E-state index >= 15 is 0 Å². The quantitative estimate of drug-likeness (QED) is 0.701. The van der Waals surface area contributed by atoms with E-state index in [2.05, 4.69) is 9.62 Å². The van der Waals surface area contributed by atoms with Gasteiger partial charge in [0.1, 0.15) is 0 Å². The molecule has 1 unspecified atom stereocenters. The van der Waals surface area contributed by atoms with E-state index in [0.717, 1.165) is 50.4 Å². The van der Waals surface area contributed by atoms with Crippen LogP contribution in [0.1, 0.15) is 19.3 Å². The van der Waals surface area contributed by atoms with Crippen molar-refractivity contribution < 1.29 is 8.42 Å². The first-order valence-corrected chi connectivity index (χ1v) is 9.99. The summed E-state index contributed by atoms with van der Waals surface area (Å²) in [5, 5.41) is 0. The predicted molar refractivity (Wildman–Crippen MR) is 84.1 cm³/mol. The van der Waals surface area contributed by atoms with Crippen molar-refractivity contribution >= 4 is 22.0 Å². The minimum absolute atomic E-state index is 0.0346. The van der Waals surface area contributed by atoms with Crippen molar-refractivity contribution in [2.75, 3.05) is 50.8 Å². The Morgan fingerprint density at radius 2 is 1.95 bits per heavy atom. The maximum absolute atomic E-state index is 12.3. The van der Waals surface area contributed by atoms with E-state index in [1.165, 1.54) is 0 Å². The average molecular weight is 323 g/mol. The highest BCUT2D eigenvalue weighted by atomic mass is 32.2. The lowest BCUT2D eigenvalue weighted by molar-refractivity contribution is 0.252. The fourth-order valence-corrected chi connectivity index (χ4v) is 5.21. The van der Waals surface area contributed by atoms with Gasteiger partial charge in [0, 0.05) is 56.8 Å². The highest BCUT2D eigenvalue weighted by molar-refractivity contribution is 7.99. The van der Waals surface area contributed by atoms with Gasteiger partial charge in [-0.15, -0.1) is 0 Å². The largest absolute Gasteiger partial charge is 0.329 e. The van der Waals surface area contributed by atoms with Gasteiger partial charge in [0.2, 0.25) is 0 Å². The van der Waals surface area contributed by atoms with Crippen molar-refractivity contribution in [3.8, 4) is 0 Å². The molecular formula is C12H26N4O2S2. The van der Waals surface area contributed by atoms with E-state index in [9.17, 15) is 8.42 Å². The highest BCUT2D eigenvalue weighted by Gasteiger charge is 2.31. The van der Waals surface area contributed by atoms with Gasteiger partial charge in [-0.05, 0) is 12.8 Å². The Labute approximate surface area is 126 Å². The van der Waals surface area contributed by atoms with Crippen LogP contribution in [-0.2, 0) is 10.2 Å². The summed E-state index contributed by atoms with van der Waals surface area (Å²) in [5.74, 6) is 2.29. The lowest BCUT2D eigenvalue weighted by atomic mass is 10.1. The standard InChI is InChI=1S/C12H26N4O2S2/c13-11-12-3-1-2-5-16(12)20(17,18)14-4-6-15-7-9-19-10-8-15/h12,14H,1-11,13H2. The van der Waals surface area contributed by atoms with Gasteiger partial charge in [-0.3, -0.25) is 0 Å². The summed E-state index contributed by atoms with van der Waals surface area (Å²) in [6, 6.07) is -0.0346. The second-order valence-corrected chi connectivity index (χ2v) is 8.28. The minimum atomic E-state index is -3.37. The SMILES string of the molecule is NCC1CCCCN1S(=O)(=O)NCCN1CCSCC1. The molecule has 0 aliphatic carbocycles. The van der Waals surface area contributed by atoms with Gasteiger partial charge in [-0.2, -0.15) is 24.5 Å². The number of hydrogen-bond donors (Lipinski definition) is 2. The molecule has 2 fully saturated rings. The maximum Gasteiger partial charge on any atom is 0.279 e. The normalized spacial score (nSPS) is 26.8. The molecule has 2 aliphatic rings. The van der Waals surface area contributed by atoms with E-state index in [4.69, 9.17) is 5.73 Å². The van der Waals surface area contributed by atoms with Crippen LogP contribution in [-0.4, -0.2) is 74.4 Å². The number of nitrogens with two attached hydrogens (primary N) is 1. The van der Waals surface area contributed by atoms with E-state index in [1.807, 2.05) is 11.8 Å². The third-order valence-corrected chi connectivity index (χ3v) is 6.58. The molecule has 0 bridgehead atoms. The Morgan fingerprint density at radius 1 is 1.20 bits per heavy atom. The summed E-state index contributed by atoms with van der Waals surface area (Å²) in [5.41, 5.74) is 5.69. The second-order valence-electron chi connectivity index (χ2n) is 5.35. The fourth-order valence-electron chi connectivity index (χ4n) is 2.77. The van der Waals surface area contributed by atoms with Crippen LogP contribution in [0.2, 0.25) is 0 Å². The van der Waals surface area contributed by atoms with Crippen LogP contribution in [0.4, 0.5) is 0 Å². The third-order valence-electron chi connectivity index (χ3n) is 3.97. The summed E-state index contributed by atoms with van der Waals surface area (Å²) in [6.07, 6.45) is 2.88. The Morgan fingerprint density at radius 3 is 2.65 bits per heavy atom. The Kier molecular flexibility index (Phi) is 6.57. The van der Waals surface area contributed by atoms with Crippen molar-refractivity contribution in [3.05, 3.63) is 0 Å². The number of rotatable bonds is 6. The number of thioether (sulfide) groups is 1. The van der Waals surface area contributed by atoms with Crippen molar-refractivity contribution in [2.24, 2.45) is 5.73 Å². The van der Waals surface area contributed by atoms with Gasteiger partial charge in [0.15, 0.2) is 0 Å². The van der Waals surface area contributed by atoms with Crippen LogP contribution in [0.5, 0.6) is 0 Å². The Hall–Kier alpha value is 0.140. The number of hydrogen-bond acceptors (Lipinski definition) is 5. The monoisotopic (exact) mass is 322 g/mol. The zero-order chi connectivity index (χ0) is 14.4. The molecule has 2 rings (SSSR count). The van der Waals surface area contributed by atoms with Gasteiger partial charge in [-0.1, -0.05) is 6.42 Å². The van der Waals surface area contributed by atoms with E-state index in [1.54, 1.807) is 4.31 Å². The smallest absolute Gasteiger partial charge is 0.279 e. The summed E-state index contributed by atoms with van der Waals surface area (Å²) < 4.78 is 29.0. The highest BCUT2D eigenvalue weighted by Crippen LogP contribution is 2.18. The molecule has 2 heterocycles. The molecule has 0 spiro atoms. The zero-order valence-corrected chi connectivity index (χ0v) is 13.6. The Balaban J connectivity index is 1.80. The van der Waals surface area contributed by atoms with Crippen LogP contribution >= 0.6 is 11.8 Å². The molecule has 3 N–H and O–H groups in total. The molecule has 0 aromatic heterocycles. The van der Waals surface area contributed by atoms with Crippen molar-refractivity contribution in [1.29, 1.82) is 0 Å². The average Bonchev–Trinajstić information content (AvgIpc) is 2.48. The first kappa shape index (κ1) is 16.5. The topological polar surface area (TPSA) is 78.7 Å². The molecule has 0 amide bonds. The third kappa shape index (κ3) is 4.57. The van der Waals surface area contributed by atoms with Gasteiger partial charge < -0.3 is 10.6 Å². The number of nitrogens with zero attached hydrogens (tertiary/aromatic N) is 2. The van der Waals surface area contributed by atoms with Gasteiger partial charge in [0.25, 0.3) is 10.2 Å². The molecule has 8 heteroatoms. The molecule has 6 nitrogen and oxygen atoms in total. The fraction of sp³-hybridized carbons (Fsp3) is 1.00. The molecule has 1 atom stereocenters. The van der Waals surface area contributed by atoms with Crippen molar-refractivity contribution in [1.82, 2.24) is 13.9 Å². The molecule has 0 aromatic rings. The number of piperidine rings is 1. The van der Waals surface area contributed by atoms with Gasteiger partial charge >= 0.3 is 0 Å². The lowest BCUT2D eigenvalue weighted by Gasteiger charge is -2.34. The molecule has 0 radical (unpaired) electrons. The number of nitrogens with one attached hydrogen (secondary N) is 1. The van der Waals surface area contributed by atoms with E-state index in [0.29, 0.717) is 19.6 Å². The first-order valence-electron chi connectivity index (χ1n) is 7.40. The van der Waals surface area contributed by atoms with E-state index in [-0.39, 0.29) is 6.04 Å². The molecular weight excluding hydrogens is 296 g/mol. The molecule has 2 aliphatic heterocycles. The summed E-state index contributed by atoms with van der Waals surface area (Å²) in [4.78, 5) is 2.32. The molecule has 118 valence electrons. The van der Waals surface area contributed by atoms with Crippen LogP contribution in [0.25, 0.3) is 0 Å². The lowest BCUT2D eigenvalue weighted by Crippen LogP contribution is -2.52. The molecule has 2 saturated heterocycles. The zero-order valence-electron chi connectivity index (χ0n) is 12.0. The summed E-state index contributed by atoms with van der Waals surface area (Å²) >= 11 is 1.96. The summed E-state index contributed by atoms with van der Waals surface area (Å²) in [6.45, 7) is 4.40. The van der Waals surface area contributed by atoms with Crippen molar-refractivity contribution in [2.45, 2.75) is 25.3 Å². The maximum atomic E-state index is 12.3. The molecule has 0 saturated carbocycles. The van der Waals surface area contributed by atoms with Crippen LogP contribution in [0.3, 0.4) is 0 Å². The summed E-state index contributed by atoms with van der Waals surface area (Å²) in [7, 11) is -3.37. The van der Waals surface area contributed by atoms with Gasteiger partial charge in [-0.25, -0.2) is 4.72 Å². The van der Waals surface area contributed by atoms with Crippen LogP contribution in [0.15, 0.2) is 0 Å². The van der Waals surface area contributed by atoms with Crippen LogP contribution in [0, 0.1) is 0 Å². The molecule has 20 heavy (non-hydrogen) atoms. The van der Waals surface area contributed by atoms with Crippen molar-refractivity contribution in [3.63, 3.8) is 0 Å². The second kappa shape index (κ2) is 7.95. The first-order chi connectivity index (χ1) is 9.63. The van der Waals surface area contributed by atoms with E-state index < -0.39 is 10.2 Å².